The van der Waals surface area contributed by atoms with Crippen molar-refractivity contribution in [2.45, 2.75) is 39.0 Å². The van der Waals surface area contributed by atoms with Crippen LogP contribution in [0.5, 0.6) is 0 Å². The van der Waals surface area contributed by atoms with Crippen molar-refractivity contribution < 1.29 is 0 Å². The summed E-state index contributed by atoms with van der Waals surface area (Å²) in [6.07, 6.45) is 9.58. The van der Waals surface area contributed by atoms with E-state index in [1.54, 1.807) is 8.58 Å². The normalized spacial score (nSPS) is 11.3. The Labute approximate surface area is 96.3 Å². The largest absolute Gasteiger partial charge is 0.0806 e. The summed E-state index contributed by atoms with van der Waals surface area (Å²) in [6.45, 7) is 2.27. The number of aryl methyl sites for hydroxylation is 1. The van der Waals surface area contributed by atoms with Gasteiger partial charge in [-0.2, -0.15) is 0 Å². The molecule has 0 heterocycles. The quantitative estimate of drug-likeness (QED) is 0.438. The van der Waals surface area contributed by atoms with Gasteiger partial charge in [0.05, 0.1) is 0 Å². The topological polar surface area (TPSA) is 0 Å². The summed E-state index contributed by atoms with van der Waals surface area (Å²) in [4.78, 5) is 0. The summed E-state index contributed by atoms with van der Waals surface area (Å²) in [5.74, 6) is 0. The Hall–Kier alpha value is -0.350. The monoisotopic (exact) mass is 221 g/mol. The van der Waals surface area contributed by atoms with Crippen LogP contribution in [0, 0.1) is 0 Å². The van der Waals surface area contributed by atoms with Gasteiger partial charge in [-0.3, -0.25) is 0 Å². The van der Waals surface area contributed by atoms with Crippen LogP contribution >= 0.6 is 8.58 Å². The molecule has 1 heteroatoms. The molecule has 1 aromatic rings. The molecule has 0 aliphatic carbocycles. The van der Waals surface area contributed by atoms with Crippen molar-refractivity contribution in [1.29, 1.82) is 0 Å². The molecule has 0 aliphatic rings. The van der Waals surface area contributed by atoms with Gasteiger partial charge in [0.15, 0.2) is 0 Å². The highest BCUT2D eigenvalue weighted by molar-refractivity contribution is 7.37. The molecule has 1 rings (SSSR count). The fraction of sp³-hybridized carbons (Fsp3) is 0.571. The predicted molar refractivity (Wildman–Crippen MR) is 70.9 cm³/mol. The molecule has 83 valence electrons. The van der Waals surface area contributed by atoms with Crippen molar-refractivity contribution in [3.8, 4) is 0 Å². The third kappa shape index (κ3) is 6.68. The van der Waals surface area contributed by atoms with Gasteiger partial charge >= 0.3 is 0 Å². The van der Waals surface area contributed by atoms with Crippen molar-refractivity contribution in [3.05, 3.63) is 35.9 Å². The molecule has 0 aliphatic heterocycles. The second kappa shape index (κ2) is 8.92. The smallest absolute Gasteiger partial charge is 0.0236 e. The van der Waals surface area contributed by atoms with E-state index in [0.29, 0.717) is 0 Å². The van der Waals surface area contributed by atoms with E-state index >= 15 is 0 Å². The molecule has 0 saturated carbocycles. The lowest BCUT2D eigenvalue weighted by Crippen LogP contribution is -1.88. The molecule has 0 fully saturated rings. The van der Waals surface area contributed by atoms with E-state index in [-0.39, 0.29) is 0 Å². The van der Waals surface area contributed by atoms with Gasteiger partial charge in [-0.1, -0.05) is 65.1 Å². The van der Waals surface area contributed by atoms with E-state index in [1.165, 1.54) is 50.0 Å². The molecular formula is C14H22P. The number of hydrogen-bond acceptors (Lipinski definition) is 0. The fourth-order valence-corrected chi connectivity index (χ4v) is 2.70. The molecule has 0 amide bonds. The van der Waals surface area contributed by atoms with Gasteiger partial charge in [-0.05, 0) is 30.7 Å². The minimum atomic E-state index is 1.25. The van der Waals surface area contributed by atoms with Crippen LogP contribution in [0.3, 0.4) is 0 Å². The summed E-state index contributed by atoms with van der Waals surface area (Å²) < 4.78 is 0. The van der Waals surface area contributed by atoms with Crippen molar-refractivity contribution in [1.82, 2.24) is 0 Å². The van der Waals surface area contributed by atoms with Gasteiger partial charge < -0.3 is 0 Å². The summed E-state index contributed by atoms with van der Waals surface area (Å²) in [7, 11) is 1.63. The van der Waals surface area contributed by atoms with Gasteiger partial charge in [0.25, 0.3) is 0 Å². The number of unbranched alkanes of at least 4 members (excludes halogenated alkanes) is 3. The van der Waals surface area contributed by atoms with Gasteiger partial charge in [0, 0.05) is 0 Å². The van der Waals surface area contributed by atoms with Gasteiger partial charge in [0.1, 0.15) is 0 Å². The molecular weight excluding hydrogens is 199 g/mol. The zero-order valence-electron chi connectivity index (χ0n) is 9.78. The van der Waals surface area contributed by atoms with Crippen molar-refractivity contribution in [2.75, 3.05) is 12.3 Å². The zero-order chi connectivity index (χ0) is 10.8. The first-order valence-corrected chi connectivity index (χ1v) is 7.37. The third-order valence-corrected chi connectivity index (χ3v) is 3.74. The molecule has 0 spiro atoms. The lowest BCUT2D eigenvalue weighted by Gasteiger charge is -2.01. The van der Waals surface area contributed by atoms with Crippen LogP contribution in [-0.4, -0.2) is 12.3 Å². The van der Waals surface area contributed by atoms with E-state index in [1.807, 2.05) is 0 Å². The lowest BCUT2D eigenvalue weighted by atomic mass is 10.2. The van der Waals surface area contributed by atoms with E-state index < -0.39 is 0 Å². The molecule has 0 aromatic heterocycles. The van der Waals surface area contributed by atoms with Crippen LogP contribution in [0.4, 0.5) is 0 Å². The highest BCUT2D eigenvalue weighted by atomic mass is 31.1. The molecule has 1 aromatic carbocycles. The number of rotatable bonds is 8. The van der Waals surface area contributed by atoms with E-state index in [0.717, 1.165) is 0 Å². The van der Waals surface area contributed by atoms with E-state index in [4.69, 9.17) is 0 Å². The highest BCUT2D eigenvalue weighted by Crippen LogP contribution is 2.16. The Morgan fingerprint density at radius 2 is 1.73 bits per heavy atom. The second-order valence-corrected chi connectivity index (χ2v) is 5.31. The summed E-state index contributed by atoms with van der Waals surface area (Å²) >= 11 is 0. The van der Waals surface area contributed by atoms with E-state index in [2.05, 4.69) is 37.3 Å². The summed E-state index contributed by atoms with van der Waals surface area (Å²) in [6, 6.07) is 10.8. The Bertz CT molecular complexity index is 230. The van der Waals surface area contributed by atoms with E-state index in [9.17, 15) is 0 Å². The standard InChI is InChI=1S/C14H22P/c1-2-3-4-8-12-15-13-11-14-9-6-5-7-10-14/h5-7,9-10H,2-4,8,11-13H2,1H3. The first kappa shape index (κ1) is 12.7. The summed E-state index contributed by atoms with van der Waals surface area (Å²) in [5, 5.41) is 0. The van der Waals surface area contributed by atoms with Gasteiger partial charge in [-0.15, -0.1) is 0 Å². The van der Waals surface area contributed by atoms with Crippen LogP contribution in [0.2, 0.25) is 0 Å². The molecule has 0 unspecified atom stereocenters. The Kier molecular flexibility index (Phi) is 7.56. The second-order valence-electron chi connectivity index (χ2n) is 3.97. The third-order valence-electron chi connectivity index (χ3n) is 2.57. The Morgan fingerprint density at radius 1 is 0.933 bits per heavy atom. The molecule has 0 saturated heterocycles. The van der Waals surface area contributed by atoms with Crippen LogP contribution in [-0.2, 0) is 6.42 Å². The Balaban J connectivity index is 1.93. The number of benzene rings is 1. The highest BCUT2D eigenvalue weighted by Gasteiger charge is 1.93. The predicted octanol–water partition coefficient (Wildman–Crippen LogP) is 4.76. The van der Waals surface area contributed by atoms with Crippen LogP contribution in [0.1, 0.15) is 38.2 Å². The Morgan fingerprint density at radius 3 is 2.47 bits per heavy atom. The van der Waals surface area contributed by atoms with Gasteiger partial charge in [-0.25, -0.2) is 0 Å². The van der Waals surface area contributed by atoms with Crippen LogP contribution in [0.15, 0.2) is 30.3 Å². The molecule has 0 bridgehead atoms. The van der Waals surface area contributed by atoms with Gasteiger partial charge in [0.2, 0.25) is 0 Å². The average molecular weight is 221 g/mol. The number of hydrogen-bond donors (Lipinski definition) is 0. The van der Waals surface area contributed by atoms with Crippen molar-refractivity contribution >= 4 is 8.58 Å². The molecule has 1 radical (unpaired) electrons. The molecule has 0 nitrogen and oxygen atoms in total. The van der Waals surface area contributed by atoms with Crippen LogP contribution < -0.4 is 0 Å². The lowest BCUT2D eigenvalue weighted by molar-refractivity contribution is 0.705. The first-order chi connectivity index (χ1) is 7.43. The average Bonchev–Trinajstić information content (AvgIpc) is 2.29. The molecule has 0 N–H and O–H groups in total. The first-order valence-electron chi connectivity index (χ1n) is 6.10. The maximum atomic E-state index is 2.27. The SMILES string of the molecule is CCCCCC[P]CCc1ccccc1. The van der Waals surface area contributed by atoms with Crippen molar-refractivity contribution in [2.24, 2.45) is 0 Å². The zero-order valence-corrected chi connectivity index (χ0v) is 10.7. The maximum absolute atomic E-state index is 2.27. The minimum absolute atomic E-state index is 1.25. The maximum Gasteiger partial charge on any atom is -0.0236 e. The summed E-state index contributed by atoms with van der Waals surface area (Å²) in [5.41, 5.74) is 1.48. The minimum Gasteiger partial charge on any atom is -0.0806 e. The van der Waals surface area contributed by atoms with Crippen LogP contribution in [0.25, 0.3) is 0 Å². The molecule has 15 heavy (non-hydrogen) atoms. The van der Waals surface area contributed by atoms with Crippen molar-refractivity contribution in [3.63, 3.8) is 0 Å². The molecule has 0 atom stereocenters. The fourth-order valence-electron chi connectivity index (χ4n) is 1.62.